The van der Waals surface area contributed by atoms with Gasteiger partial charge in [-0.05, 0) is 35.1 Å². The number of hydrogen-bond acceptors (Lipinski definition) is 4. The number of hydrogen-bond donors (Lipinski definition) is 1. The molecule has 0 saturated carbocycles. The molecular weight excluding hydrogens is 274 g/mol. The molecular formula is C7H10BrNO2S2. The van der Waals surface area contributed by atoms with Gasteiger partial charge in [-0.2, -0.15) is 0 Å². The Labute approximate surface area is 90.2 Å². The zero-order chi connectivity index (χ0) is 9.90. The molecule has 3 nitrogen and oxygen atoms in total. The van der Waals surface area contributed by atoms with E-state index in [-0.39, 0.29) is 5.75 Å². The first-order chi connectivity index (χ1) is 6.06. The lowest BCUT2D eigenvalue weighted by atomic mass is 10.7. The zero-order valence-electron chi connectivity index (χ0n) is 7.08. The Hall–Kier alpha value is 0.0900. The van der Waals surface area contributed by atoms with Crippen LogP contribution in [0.4, 0.5) is 0 Å². The fraction of sp³-hybridized carbons (Fsp3) is 0.429. The molecule has 0 bridgehead atoms. The average Bonchev–Trinajstić information content (AvgIpc) is 2.49. The number of rotatable bonds is 4. The summed E-state index contributed by atoms with van der Waals surface area (Å²) in [6.45, 7) is 0.484. The Kier molecular flexibility index (Phi) is 3.90. The van der Waals surface area contributed by atoms with Gasteiger partial charge in [-0.1, -0.05) is 0 Å². The third-order valence-corrected chi connectivity index (χ3v) is 5.40. The van der Waals surface area contributed by atoms with Crippen molar-refractivity contribution in [2.45, 2.75) is 4.21 Å². The third-order valence-electron chi connectivity index (χ3n) is 1.48. The normalized spacial score (nSPS) is 11.8. The minimum absolute atomic E-state index is 0.149. The van der Waals surface area contributed by atoms with Crippen LogP contribution >= 0.6 is 27.3 Å². The van der Waals surface area contributed by atoms with E-state index in [2.05, 4.69) is 21.2 Å². The molecule has 0 fully saturated rings. The van der Waals surface area contributed by atoms with Crippen LogP contribution in [0.3, 0.4) is 0 Å². The predicted molar refractivity (Wildman–Crippen MR) is 58.0 cm³/mol. The second-order valence-electron chi connectivity index (χ2n) is 2.48. The summed E-state index contributed by atoms with van der Waals surface area (Å²) in [6, 6.07) is 3.37. The molecule has 1 aromatic rings. The second kappa shape index (κ2) is 4.54. The van der Waals surface area contributed by atoms with Crippen LogP contribution in [0.15, 0.2) is 20.1 Å². The van der Waals surface area contributed by atoms with Crippen molar-refractivity contribution in [3.8, 4) is 0 Å². The quantitative estimate of drug-likeness (QED) is 0.911. The van der Waals surface area contributed by atoms with Crippen molar-refractivity contribution >= 4 is 37.1 Å². The maximum absolute atomic E-state index is 11.6. The highest BCUT2D eigenvalue weighted by molar-refractivity contribution is 9.11. The highest BCUT2D eigenvalue weighted by Gasteiger charge is 2.15. The summed E-state index contributed by atoms with van der Waals surface area (Å²) >= 11 is 4.48. The summed E-state index contributed by atoms with van der Waals surface area (Å²) in [4.78, 5) is 0. The van der Waals surface area contributed by atoms with Crippen molar-refractivity contribution in [3.63, 3.8) is 0 Å². The first kappa shape index (κ1) is 11.2. The largest absolute Gasteiger partial charge is 0.319 e. The van der Waals surface area contributed by atoms with E-state index in [0.717, 1.165) is 3.79 Å². The first-order valence-electron chi connectivity index (χ1n) is 3.69. The van der Waals surface area contributed by atoms with Crippen LogP contribution < -0.4 is 5.32 Å². The number of nitrogens with one attached hydrogen (secondary N) is 1. The van der Waals surface area contributed by atoms with Crippen LogP contribution in [-0.2, 0) is 9.84 Å². The van der Waals surface area contributed by atoms with Crippen LogP contribution in [-0.4, -0.2) is 27.8 Å². The summed E-state index contributed by atoms with van der Waals surface area (Å²) in [6.07, 6.45) is 0. The molecule has 0 aromatic carbocycles. The Morgan fingerprint density at radius 2 is 2.23 bits per heavy atom. The van der Waals surface area contributed by atoms with Crippen LogP contribution in [0.5, 0.6) is 0 Å². The van der Waals surface area contributed by atoms with Crippen molar-refractivity contribution in [1.82, 2.24) is 5.32 Å². The highest BCUT2D eigenvalue weighted by atomic mass is 79.9. The summed E-state index contributed by atoms with van der Waals surface area (Å²) < 4.78 is 24.4. The first-order valence-corrected chi connectivity index (χ1v) is 6.95. The standard InChI is InChI=1S/C7H10BrNO2S2/c1-9-4-5-13(10,11)7-3-2-6(8)12-7/h2-3,9H,4-5H2,1H3. The molecule has 1 aromatic heterocycles. The molecule has 0 spiro atoms. The second-order valence-corrected chi connectivity index (χ2v) is 7.28. The average molecular weight is 284 g/mol. The Morgan fingerprint density at radius 3 is 2.69 bits per heavy atom. The maximum atomic E-state index is 11.6. The van der Waals surface area contributed by atoms with Gasteiger partial charge in [0.05, 0.1) is 9.54 Å². The summed E-state index contributed by atoms with van der Waals surface area (Å²) in [5, 5.41) is 2.81. The van der Waals surface area contributed by atoms with Gasteiger partial charge in [0, 0.05) is 6.54 Å². The van der Waals surface area contributed by atoms with Crippen molar-refractivity contribution in [3.05, 3.63) is 15.9 Å². The fourth-order valence-corrected chi connectivity index (χ4v) is 4.22. The van der Waals surface area contributed by atoms with E-state index in [1.54, 1.807) is 19.2 Å². The lowest BCUT2D eigenvalue weighted by molar-refractivity contribution is 0.595. The monoisotopic (exact) mass is 283 g/mol. The van der Waals surface area contributed by atoms with Gasteiger partial charge in [0.25, 0.3) is 0 Å². The molecule has 1 N–H and O–H groups in total. The molecule has 74 valence electrons. The zero-order valence-corrected chi connectivity index (χ0v) is 10.3. The van der Waals surface area contributed by atoms with Gasteiger partial charge in [-0.15, -0.1) is 11.3 Å². The van der Waals surface area contributed by atoms with Gasteiger partial charge in [0.1, 0.15) is 4.21 Å². The van der Waals surface area contributed by atoms with Crippen LogP contribution in [0, 0.1) is 0 Å². The van der Waals surface area contributed by atoms with Crippen LogP contribution in [0.2, 0.25) is 0 Å². The van der Waals surface area contributed by atoms with Crippen molar-refractivity contribution in [1.29, 1.82) is 0 Å². The number of thiophene rings is 1. The molecule has 0 saturated heterocycles. The maximum Gasteiger partial charge on any atom is 0.189 e. The SMILES string of the molecule is CNCCS(=O)(=O)c1ccc(Br)s1. The van der Waals surface area contributed by atoms with Gasteiger partial charge >= 0.3 is 0 Å². The summed E-state index contributed by atoms with van der Waals surface area (Å²) in [5.74, 6) is 0.149. The van der Waals surface area contributed by atoms with E-state index in [1.807, 2.05) is 0 Å². The number of sulfone groups is 1. The Morgan fingerprint density at radius 1 is 1.54 bits per heavy atom. The molecule has 1 rings (SSSR count). The van der Waals surface area contributed by atoms with Crippen LogP contribution in [0.1, 0.15) is 0 Å². The third kappa shape index (κ3) is 3.05. The molecule has 0 atom stereocenters. The molecule has 0 aliphatic heterocycles. The topological polar surface area (TPSA) is 46.2 Å². The lowest BCUT2D eigenvalue weighted by Gasteiger charge is -1.99. The van der Waals surface area contributed by atoms with E-state index < -0.39 is 9.84 Å². The van der Waals surface area contributed by atoms with E-state index >= 15 is 0 Å². The molecule has 0 unspecified atom stereocenters. The molecule has 1 heterocycles. The van der Waals surface area contributed by atoms with E-state index in [1.165, 1.54) is 11.3 Å². The van der Waals surface area contributed by atoms with Crippen molar-refractivity contribution < 1.29 is 8.42 Å². The minimum Gasteiger partial charge on any atom is -0.319 e. The highest BCUT2D eigenvalue weighted by Crippen LogP contribution is 2.26. The van der Waals surface area contributed by atoms with E-state index in [9.17, 15) is 8.42 Å². The molecule has 0 aliphatic carbocycles. The fourth-order valence-electron chi connectivity index (χ4n) is 0.802. The molecule has 0 amide bonds. The predicted octanol–water partition coefficient (Wildman–Crippen LogP) is 1.50. The van der Waals surface area contributed by atoms with Gasteiger partial charge in [-0.25, -0.2) is 8.42 Å². The van der Waals surface area contributed by atoms with E-state index in [4.69, 9.17) is 0 Å². The van der Waals surface area contributed by atoms with Crippen LogP contribution in [0.25, 0.3) is 0 Å². The van der Waals surface area contributed by atoms with Gasteiger partial charge < -0.3 is 5.32 Å². The smallest absolute Gasteiger partial charge is 0.189 e. The molecule has 0 aliphatic rings. The van der Waals surface area contributed by atoms with Crippen molar-refractivity contribution in [2.75, 3.05) is 19.3 Å². The molecule has 13 heavy (non-hydrogen) atoms. The van der Waals surface area contributed by atoms with E-state index in [0.29, 0.717) is 10.8 Å². The number of halogens is 1. The van der Waals surface area contributed by atoms with Gasteiger partial charge in [0.15, 0.2) is 9.84 Å². The minimum atomic E-state index is -3.08. The lowest BCUT2D eigenvalue weighted by Crippen LogP contribution is -2.18. The van der Waals surface area contributed by atoms with Gasteiger partial charge in [-0.3, -0.25) is 0 Å². The van der Waals surface area contributed by atoms with Crippen molar-refractivity contribution in [2.24, 2.45) is 0 Å². The summed E-state index contributed by atoms with van der Waals surface area (Å²) in [7, 11) is -1.34. The molecule has 6 heteroatoms. The summed E-state index contributed by atoms with van der Waals surface area (Å²) in [5.41, 5.74) is 0. The van der Waals surface area contributed by atoms with Gasteiger partial charge in [0.2, 0.25) is 0 Å². The Bertz CT molecular complexity index is 372. The Balaban J connectivity index is 2.82. The molecule has 0 radical (unpaired) electrons.